The highest BCUT2D eigenvalue weighted by Crippen LogP contribution is 2.32. The maximum absolute atomic E-state index is 2.71. The second-order valence-corrected chi connectivity index (χ2v) is 5.14. The van der Waals surface area contributed by atoms with E-state index in [-0.39, 0.29) is 0 Å². The molecule has 80 valence electrons. The fourth-order valence-corrected chi connectivity index (χ4v) is 2.94. The third kappa shape index (κ3) is 2.20. The van der Waals surface area contributed by atoms with Gasteiger partial charge in [0, 0.05) is 6.04 Å². The number of allylic oxidation sites excluding steroid dienone is 1. The van der Waals surface area contributed by atoms with E-state index < -0.39 is 0 Å². The molecule has 2 aliphatic rings. The van der Waals surface area contributed by atoms with Crippen molar-refractivity contribution in [2.24, 2.45) is 5.92 Å². The van der Waals surface area contributed by atoms with Gasteiger partial charge in [-0.2, -0.15) is 0 Å². The summed E-state index contributed by atoms with van der Waals surface area (Å²) in [6.07, 6.45) is 9.55. The van der Waals surface area contributed by atoms with E-state index in [9.17, 15) is 0 Å². The van der Waals surface area contributed by atoms with E-state index in [1.54, 1.807) is 5.57 Å². The lowest BCUT2D eigenvalue weighted by atomic mass is 10.0. The molecule has 1 unspecified atom stereocenters. The molecule has 1 heterocycles. The van der Waals surface area contributed by atoms with Crippen LogP contribution in [-0.2, 0) is 0 Å². The SMILES string of the molecule is CC(C)/C=C1\CCCC1N1CCCC1. The molecule has 0 spiro atoms. The lowest BCUT2D eigenvalue weighted by molar-refractivity contribution is 0.276. The Hall–Kier alpha value is -0.300. The lowest BCUT2D eigenvalue weighted by Crippen LogP contribution is -2.31. The average Bonchev–Trinajstić information content (AvgIpc) is 2.70. The maximum atomic E-state index is 2.71. The second-order valence-electron chi connectivity index (χ2n) is 5.14. The highest BCUT2D eigenvalue weighted by atomic mass is 15.2. The zero-order chi connectivity index (χ0) is 9.97. The van der Waals surface area contributed by atoms with Gasteiger partial charge in [0.2, 0.25) is 0 Å². The highest BCUT2D eigenvalue weighted by Gasteiger charge is 2.28. The molecule has 0 amide bonds. The molecule has 14 heavy (non-hydrogen) atoms. The molecule has 0 bridgehead atoms. The molecule has 0 radical (unpaired) electrons. The van der Waals surface area contributed by atoms with Crippen LogP contribution in [0.3, 0.4) is 0 Å². The minimum absolute atomic E-state index is 0.730. The van der Waals surface area contributed by atoms with Gasteiger partial charge in [-0.1, -0.05) is 25.5 Å². The molecule has 1 heteroatoms. The van der Waals surface area contributed by atoms with Crippen LogP contribution in [0.5, 0.6) is 0 Å². The standard InChI is InChI=1S/C13H23N/c1-11(2)10-12-6-5-7-13(12)14-8-3-4-9-14/h10-11,13H,3-9H2,1-2H3/b12-10+. The van der Waals surface area contributed by atoms with Crippen molar-refractivity contribution in [2.75, 3.05) is 13.1 Å². The fraction of sp³-hybridized carbons (Fsp3) is 0.846. The van der Waals surface area contributed by atoms with Crippen molar-refractivity contribution < 1.29 is 0 Å². The van der Waals surface area contributed by atoms with Crippen LogP contribution in [0.1, 0.15) is 46.0 Å². The Morgan fingerprint density at radius 2 is 1.93 bits per heavy atom. The Balaban J connectivity index is 2.02. The normalized spacial score (nSPS) is 32.2. The van der Waals surface area contributed by atoms with E-state index in [0.29, 0.717) is 0 Å². The molecular weight excluding hydrogens is 170 g/mol. The minimum Gasteiger partial charge on any atom is -0.297 e. The highest BCUT2D eigenvalue weighted by molar-refractivity contribution is 5.17. The third-order valence-electron chi connectivity index (χ3n) is 3.50. The lowest BCUT2D eigenvalue weighted by Gasteiger charge is -2.25. The first-order valence-corrected chi connectivity index (χ1v) is 6.22. The van der Waals surface area contributed by atoms with Gasteiger partial charge in [-0.3, -0.25) is 4.90 Å². The Morgan fingerprint density at radius 3 is 2.57 bits per heavy atom. The first kappa shape index (κ1) is 10.2. The molecule has 1 nitrogen and oxygen atoms in total. The van der Waals surface area contributed by atoms with E-state index in [1.807, 2.05) is 0 Å². The smallest absolute Gasteiger partial charge is 0.0307 e. The molecule has 1 atom stereocenters. The average molecular weight is 193 g/mol. The minimum atomic E-state index is 0.730. The van der Waals surface area contributed by atoms with Crippen molar-refractivity contribution in [2.45, 2.75) is 52.0 Å². The van der Waals surface area contributed by atoms with Gasteiger partial charge in [0.15, 0.2) is 0 Å². The number of rotatable bonds is 2. The molecule has 0 aromatic rings. The molecule has 2 rings (SSSR count). The summed E-state index contributed by atoms with van der Waals surface area (Å²) in [6, 6.07) is 0.819. The Kier molecular flexibility index (Phi) is 3.27. The second kappa shape index (κ2) is 4.48. The quantitative estimate of drug-likeness (QED) is 0.609. The van der Waals surface area contributed by atoms with E-state index in [2.05, 4.69) is 24.8 Å². The van der Waals surface area contributed by atoms with Crippen LogP contribution in [-0.4, -0.2) is 24.0 Å². The van der Waals surface area contributed by atoms with Gasteiger partial charge in [0.1, 0.15) is 0 Å². The Bertz CT molecular complexity index is 211. The van der Waals surface area contributed by atoms with Gasteiger partial charge in [0.05, 0.1) is 0 Å². The third-order valence-corrected chi connectivity index (χ3v) is 3.50. The fourth-order valence-electron chi connectivity index (χ4n) is 2.94. The molecule has 1 aliphatic heterocycles. The van der Waals surface area contributed by atoms with Gasteiger partial charge in [-0.15, -0.1) is 0 Å². The summed E-state index contributed by atoms with van der Waals surface area (Å²) < 4.78 is 0. The van der Waals surface area contributed by atoms with E-state index in [4.69, 9.17) is 0 Å². The van der Waals surface area contributed by atoms with E-state index in [0.717, 1.165) is 12.0 Å². The van der Waals surface area contributed by atoms with Crippen molar-refractivity contribution in [3.63, 3.8) is 0 Å². The predicted octanol–water partition coefficient (Wildman–Crippen LogP) is 3.22. The number of nitrogens with zero attached hydrogens (tertiary/aromatic N) is 1. The summed E-state index contributed by atoms with van der Waals surface area (Å²) in [5.74, 6) is 0.730. The molecule has 1 aliphatic carbocycles. The molecule has 0 N–H and O–H groups in total. The predicted molar refractivity (Wildman–Crippen MR) is 61.4 cm³/mol. The van der Waals surface area contributed by atoms with Crippen LogP contribution >= 0.6 is 0 Å². The van der Waals surface area contributed by atoms with Gasteiger partial charge in [0.25, 0.3) is 0 Å². The zero-order valence-corrected chi connectivity index (χ0v) is 9.63. The van der Waals surface area contributed by atoms with Gasteiger partial charge < -0.3 is 0 Å². The Labute approximate surface area is 88.2 Å². The van der Waals surface area contributed by atoms with Gasteiger partial charge >= 0.3 is 0 Å². The molecule has 2 fully saturated rings. The first-order chi connectivity index (χ1) is 6.77. The molecule has 1 saturated heterocycles. The summed E-state index contributed by atoms with van der Waals surface area (Å²) in [4.78, 5) is 2.71. The summed E-state index contributed by atoms with van der Waals surface area (Å²) >= 11 is 0. The van der Waals surface area contributed by atoms with Crippen molar-refractivity contribution in [1.82, 2.24) is 4.90 Å². The molecule has 0 aromatic carbocycles. The number of likely N-dealkylation sites (tertiary alicyclic amines) is 1. The molecule has 0 aromatic heterocycles. The Morgan fingerprint density at radius 1 is 1.21 bits per heavy atom. The van der Waals surface area contributed by atoms with Crippen LogP contribution in [0.2, 0.25) is 0 Å². The molecular formula is C13H23N. The van der Waals surface area contributed by atoms with Crippen molar-refractivity contribution in [1.29, 1.82) is 0 Å². The van der Waals surface area contributed by atoms with Gasteiger partial charge in [-0.25, -0.2) is 0 Å². The maximum Gasteiger partial charge on any atom is 0.0307 e. The van der Waals surface area contributed by atoms with Crippen LogP contribution in [0.25, 0.3) is 0 Å². The first-order valence-electron chi connectivity index (χ1n) is 6.22. The van der Waals surface area contributed by atoms with Crippen LogP contribution in [0, 0.1) is 5.92 Å². The topological polar surface area (TPSA) is 3.24 Å². The van der Waals surface area contributed by atoms with E-state index in [1.165, 1.54) is 45.2 Å². The number of hydrogen-bond donors (Lipinski definition) is 0. The monoisotopic (exact) mass is 193 g/mol. The summed E-state index contributed by atoms with van der Waals surface area (Å²) in [5, 5.41) is 0. The zero-order valence-electron chi connectivity index (χ0n) is 9.63. The largest absolute Gasteiger partial charge is 0.297 e. The molecule has 1 saturated carbocycles. The van der Waals surface area contributed by atoms with Gasteiger partial charge in [-0.05, 0) is 51.1 Å². The van der Waals surface area contributed by atoms with Crippen molar-refractivity contribution in [3.8, 4) is 0 Å². The summed E-state index contributed by atoms with van der Waals surface area (Å²) in [6.45, 7) is 7.29. The summed E-state index contributed by atoms with van der Waals surface area (Å²) in [7, 11) is 0. The van der Waals surface area contributed by atoms with Crippen LogP contribution in [0.15, 0.2) is 11.6 Å². The number of hydrogen-bond acceptors (Lipinski definition) is 1. The van der Waals surface area contributed by atoms with Crippen LogP contribution < -0.4 is 0 Å². The van der Waals surface area contributed by atoms with Crippen LogP contribution in [0.4, 0.5) is 0 Å². The van der Waals surface area contributed by atoms with Crippen molar-refractivity contribution >= 4 is 0 Å². The van der Waals surface area contributed by atoms with E-state index >= 15 is 0 Å². The summed E-state index contributed by atoms with van der Waals surface area (Å²) in [5.41, 5.74) is 1.74. The van der Waals surface area contributed by atoms with Crippen molar-refractivity contribution in [3.05, 3.63) is 11.6 Å².